The summed E-state index contributed by atoms with van der Waals surface area (Å²) in [6, 6.07) is 45.6. The number of hydrogen-bond acceptors (Lipinski definition) is 4. The van der Waals surface area contributed by atoms with Gasteiger partial charge in [-0.1, -0.05) is 98.8 Å². The highest BCUT2D eigenvalue weighted by Gasteiger charge is 2.36. The third-order valence-corrected chi connectivity index (χ3v) is 11.9. The normalized spacial score (nSPS) is 14.1. The summed E-state index contributed by atoms with van der Waals surface area (Å²) in [6.07, 6.45) is 0. The second-order valence-corrected chi connectivity index (χ2v) is 14.9. The molecule has 0 amide bonds. The molecule has 242 valence electrons. The van der Waals surface area contributed by atoms with Crippen molar-refractivity contribution in [3.05, 3.63) is 139 Å². The Morgan fingerprint density at radius 1 is 0.519 bits per heavy atom. The van der Waals surface area contributed by atoms with Crippen LogP contribution in [0.3, 0.4) is 0 Å². The van der Waals surface area contributed by atoms with Crippen LogP contribution in [0.2, 0.25) is 0 Å². The van der Waals surface area contributed by atoms with E-state index in [1.807, 2.05) is 18.2 Å². The molecule has 0 fully saturated rings. The third kappa shape index (κ3) is 3.09. The number of furan rings is 2. The summed E-state index contributed by atoms with van der Waals surface area (Å²) in [5.74, 6) is 0.740. The van der Waals surface area contributed by atoms with E-state index >= 15 is 0 Å². The van der Waals surface area contributed by atoms with Crippen LogP contribution in [0, 0.1) is 0 Å². The fourth-order valence-corrected chi connectivity index (χ4v) is 9.67. The predicted octanol–water partition coefficient (Wildman–Crippen LogP) is 12.5. The molecule has 2 aliphatic rings. The lowest BCUT2D eigenvalue weighted by atomic mass is 9.82. The SMILES string of the molecule is CC1(C)c2ccccc2-c2ccc(-c3nc4c(nc3-n3c5ccc6cccc7c6c5c5c6c(ccc53)oc3cccc-7c36)oc3ccccc34)cc21. The molecule has 5 nitrogen and oxygen atoms in total. The molecule has 52 heavy (non-hydrogen) atoms. The van der Waals surface area contributed by atoms with E-state index in [0.717, 1.165) is 66.5 Å². The second kappa shape index (κ2) is 8.95. The molecule has 11 aromatic rings. The molecule has 13 rings (SSSR count). The first-order valence-corrected chi connectivity index (χ1v) is 17.8. The van der Waals surface area contributed by atoms with Crippen LogP contribution in [0.4, 0.5) is 0 Å². The minimum atomic E-state index is -0.160. The lowest BCUT2D eigenvalue weighted by Gasteiger charge is -2.22. The first-order valence-electron chi connectivity index (χ1n) is 17.8. The number of para-hydroxylation sites is 1. The smallest absolute Gasteiger partial charge is 0.248 e. The Bertz CT molecular complexity index is 3450. The maximum atomic E-state index is 6.55. The molecule has 0 saturated heterocycles. The van der Waals surface area contributed by atoms with Crippen molar-refractivity contribution in [2.24, 2.45) is 0 Å². The fourth-order valence-electron chi connectivity index (χ4n) is 9.67. The quantitative estimate of drug-likeness (QED) is 0.184. The number of rotatable bonds is 2. The van der Waals surface area contributed by atoms with E-state index in [0.29, 0.717) is 5.71 Å². The molecule has 0 atom stereocenters. The Labute approximate surface area is 296 Å². The van der Waals surface area contributed by atoms with Gasteiger partial charge in [-0.2, -0.15) is 4.98 Å². The van der Waals surface area contributed by atoms with Crippen LogP contribution >= 0.6 is 0 Å². The van der Waals surface area contributed by atoms with Crippen molar-refractivity contribution < 1.29 is 8.83 Å². The van der Waals surface area contributed by atoms with Gasteiger partial charge in [-0.15, -0.1) is 0 Å². The number of fused-ring (bicyclic) bond motifs is 7. The predicted molar refractivity (Wildman–Crippen MR) is 210 cm³/mol. The van der Waals surface area contributed by atoms with E-state index in [2.05, 4.69) is 128 Å². The lowest BCUT2D eigenvalue weighted by molar-refractivity contribution is 0.651. The summed E-state index contributed by atoms with van der Waals surface area (Å²) in [7, 11) is 0. The van der Waals surface area contributed by atoms with Gasteiger partial charge < -0.3 is 8.83 Å². The zero-order valence-electron chi connectivity index (χ0n) is 28.3. The van der Waals surface area contributed by atoms with Crippen molar-refractivity contribution in [1.29, 1.82) is 0 Å². The fraction of sp³-hybridized carbons (Fsp3) is 0.0638. The Morgan fingerprint density at radius 2 is 1.23 bits per heavy atom. The largest absolute Gasteiger partial charge is 0.456 e. The molecular weight excluding hydrogens is 639 g/mol. The highest BCUT2D eigenvalue weighted by atomic mass is 16.3. The van der Waals surface area contributed by atoms with Gasteiger partial charge >= 0.3 is 0 Å². The Kier molecular flexibility index (Phi) is 4.66. The zero-order valence-corrected chi connectivity index (χ0v) is 28.3. The van der Waals surface area contributed by atoms with E-state index < -0.39 is 0 Å². The van der Waals surface area contributed by atoms with Gasteiger partial charge in [0.2, 0.25) is 5.71 Å². The highest BCUT2D eigenvalue weighted by molar-refractivity contribution is 6.38. The van der Waals surface area contributed by atoms with Gasteiger partial charge in [-0.3, -0.25) is 4.57 Å². The standard InChI is InChI=1S/C47H27N3O2/c1-47(2)31-14-5-3-10-26(31)27-19-17-25(23-32(27)47)43-45(49-46-44(48-43)30-11-4-6-15-35(30)52-46)50-33-20-18-24-9-7-12-28-29-13-8-16-36-39(29)42-37(51-36)22-21-34(50)41(42)40(33)38(24)28/h3-23H,1-2H3. The molecule has 2 aliphatic carbocycles. The number of benzene rings is 7. The van der Waals surface area contributed by atoms with Gasteiger partial charge in [-0.25, -0.2) is 4.98 Å². The van der Waals surface area contributed by atoms with Crippen LogP contribution in [0.25, 0.3) is 116 Å². The minimum Gasteiger partial charge on any atom is -0.456 e. The Balaban J connectivity index is 1.21. The molecule has 0 unspecified atom stereocenters. The second-order valence-electron chi connectivity index (χ2n) is 14.9. The summed E-state index contributed by atoms with van der Waals surface area (Å²) < 4.78 is 15.3. The van der Waals surface area contributed by atoms with Gasteiger partial charge in [0, 0.05) is 37.9 Å². The van der Waals surface area contributed by atoms with Gasteiger partial charge in [0.1, 0.15) is 28.0 Å². The van der Waals surface area contributed by atoms with Gasteiger partial charge in [0.25, 0.3) is 0 Å². The molecule has 4 aromatic heterocycles. The van der Waals surface area contributed by atoms with Crippen LogP contribution in [-0.2, 0) is 5.41 Å². The number of aromatic nitrogens is 3. The van der Waals surface area contributed by atoms with Crippen LogP contribution in [-0.4, -0.2) is 14.5 Å². The summed E-state index contributed by atoms with van der Waals surface area (Å²) in [4.78, 5) is 10.9. The maximum Gasteiger partial charge on any atom is 0.248 e. The van der Waals surface area contributed by atoms with Gasteiger partial charge in [0.15, 0.2) is 5.82 Å². The Hall–Kier alpha value is -6.72. The maximum absolute atomic E-state index is 6.55. The van der Waals surface area contributed by atoms with Gasteiger partial charge in [0.05, 0.1) is 11.0 Å². The zero-order chi connectivity index (χ0) is 34.0. The molecule has 5 heteroatoms. The molecule has 0 saturated carbocycles. The summed E-state index contributed by atoms with van der Waals surface area (Å²) in [5, 5.41) is 8.10. The average Bonchev–Trinajstić information content (AvgIpc) is 3.88. The van der Waals surface area contributed by atoms with E-state index in [4.69, 9.17) is 18.8 Å². The molecule has 0 radical (unpaired) electrons. The summed E-state index contributed by atoms with van der Waals surface area (Å²) in [6.45, 7) is 4.65. The van der Waals surface area contributed by atoms with E-state index in [1.54, 1.807) is 0 Å². The molecule has 4 heterocycles. The topological polar surface area (TPSA) is 57.0 Å². The molecular formula is C47H27N3O2. The van der Waals surface area contributed by atoms with Crippen molar-refractivity contribution in [3.8, 4) is 39.3 Å². The van der Waals surface area contributed by atoms with Crippen LogP contribution < -0.4 is 0 Å². The van der Waals surface area contributed by atoms with Gasteiger partial charge in [-0.05, 0) is 86.6 Å². The van der Waals surface area contributed by atoms with Crippen LogP contribution in [0.5, 0.6) is 0 Å². The van der Waals surface area contributed by atoms with E-state index in [-0.39, 0.29) is 5.41 Å². The van der Waals surface area contributed by atoms with Crippen molar-refractivity contribution in [2.45, 2.75) is 19.3 Å². The van der Waals surface area contributed by atoms with Crippen molar-refractivity contribution in [1.82, 2.24) is 14.5 Å². The van der Waals surface area contributed by atoms with E-state index in [9.17, 15) is 0 Å². The lowest BCUT2D eigenvalue weighted by Crippen LogP contribution is -2.15. The first-order chi connectivity index (χ1) is 25.5. The molecule has 0 N–H and O–H groups in total. The molecule has 0 bridgehead atoms. The average molecular weight is 666 g/mol. The third-order valence-electron chi connectivity index (χ3n) is 11.9. The highest BCUT2D eigenvalue weighted by Crippen LogP contribution is 2.52. The van der Waals surface area contributed by atoms with Crippen LogP contribution in [0.15, 0.2) is 136 Å². The molecule has 7 aromatic carbocycles. The van der Waals surface area contributed by atoms with Crippen molar-refractivity contribution >= 4 is 76.7 Å². The number of hydrogen-bond donors (Lipinski definition) is 0. The van der Waals surface area contributed by atoms with Crippen molar-refractivity contribution in [3.63, 3.8) is 0 Å². The Morgan fingerprint density at radius 3 is 2.15 bits per heavy atom. The van der Waals surface area contributed by atoms with Crippen molar-refractivity contribution in [2.75, 3.05) is 0 Å². The number of nitrogens with zero attached hydrogens (tertiary/aromatic N) is 3. The molecule has 0 aliphatic heterocycles. The minimum absolute atomic E-state index is 0.160. The summed E-state index contributed by atoms with van der Waals surface area (Å²) >= 11 is 0. The first kappa shape index (κ1) is 27.1. The summed E-state index contributed by atoms with van der Waals surface area (Å²) in [5.41, 5.74) is 15.3. The molecule has 0 spiro atoms. The van der Waals surface area contributed by atoms with E-state index in [1.165, 1.54) is 54.9 Å². The monoisotopic (exact) mass is 665 g/mol. The van der Waals surface area contributed by atoms with Crippen LogP contribution in [0.1, 0.15) is 25.0 Å².